The van der Waals surface area contributed by atoms with Crippen LogP contribution in [-0.2, 0) is 6.54 Å². The SMILES string of the molecule is CCCC1CNCc2cc(C(C)CC)ccc21. The van der Waals surface area contributed by atoms with Gasteiger partial charge in [0.15, 0.2) is 0 Å². The summed E-state index contributed by atoms with van der Waals surface area (Å²) in [7, 11) is 0. The number of hydrogen-bond acceptors (Lipinski definition) is 1. The van der Waals surface area contributed by atoms with Crippen LogP contribution in [0.1, 0.15) is 68.6 Å². The molecule has 1 aromatic carbocycles. The second kappa shape index (κ2) is 5.68. The van der Waals surface area contributed by atoms with Gasteiger partial charge in [-0.25, -0.2) is 0 Å². The molecule has 1 nitrogen and oxygen atoms in total. The molecule has 0 amide bonds. The smallest absolute Gasteiger partial charge is 0.0208 e. The van der Waals surface area contributed by atoms with Crippen LogP contribution in [0.5, 0.6) is 0 Å². The van der Waals surface area contributed by atoms with Gasteiger partial charge < -0.3 is 5.32 Å². The van der Waals surface area contributed by atoms with Gasteiger partial charge in [-0.1, -0.05) is 45.4 Å². The van der Waals surface area contributed by atoms with Crippen LogP contribution in [-0.4, -0.2) is 6.54 Å². The summed E-state index contributed by atoms with van der Waals surface area (Å²) in [5.41, 5.74) is 4.63. The first-order chi connectivity index (χ1) is 8.26. The van der Waals surface area contributed by atoms with E-state index in [9.17, 15) is 0 Å². The minimum atomic E-state index is 0.687. The van der Waals surface area contributed by atoms with E-state index in [0.717, 1.165) is 19.0 Å². The van der Waals surface area contributed by atoms with Crippen molar-refractivity contribution in [2.24, 2.45) is 0 Å². The Kier molecular flexibility index (Phi) is 4.22. The quantitative estimate of drug-likeness (QED) is 0.819. The maximum Gasteiger partial charge on any atom is 0.0208 e. The van der Waals surface area contributed by atoms with Gasteiger partial charge in [0.25, 0.3) is 0 Å². The first kappa shape index (κ1) is 12.6. The largest absolute Gasteiger partial charge is 0.312 e. The minimum absolute atomic E-state index is 0.687. The Hall–Kier alpha value is -0.820. The van der Waals surface area contributed by atoms with Gasteiger partial charge in [-0.2, -0.15) is 0 Å². The first-order valence-corrected chi connectivity index (χ1v) is 7.09. The third-order valence-corrected chi connectivity index (χ3v) is 4.13. The van der Waals surface area contributed by atoms with Crippen molar-refractivity contribution in [3.63, 3.8) is 0 Å². The molecule has 0 saturated carbocycles. The molecule has 0 aliphatic carbocycles. The second-order valence-corrected chi connectivity index (χ2v) is 5.38. The van der Waals surface area contributed by atoms with Crippen molar-refractivity contribution in [3.05, 3.63) is 34.9 Å². The molecule has 2 unspecified atom stereocenters. The lowest BCUT2D eigenvalue weighted by Crippen LogP contribution is -2.28. The Morgan fingerprint density at radius 2 is 2.18 bits per heavy atom. The molecule has 0 spiro atoms. The van der Waals surface area contributed by atoms with Gasteiger partial charge in [-0.3, -0.25) is 0 Å². The van der Waals surface area contributed by atoms with Crippen molar-refractivity contribution in [1.82, 2.24) is 5.32 Å². The van der Waals surface area contributed by atoms with E-state index in [2.05, 4.69) is 44.3 Å². The molecule has 1 aromatic rings. The van der Waals surface area contributed by atoms with E-state index in [1.165, 1.54) is 30.4 Å². The van der Waals surface area contributed by atoms with E-state index < -0.39 is 0 Å². The zero-order valence-electron chi connectivity index (χ0n) is 11.4. The van der Waals surface area contributed by atoms with E-state index in [-0.39, 0.29) is 0 Å². The van der Waals surface area contributed by atoms with Crippen molar-refractivity contribution in [1.29, 1.82) is 0 Å². The summed E-state index contributed by atoms with van der Waals surface area (Å²) in [6.07, 6.45) is 3.81. The lowest BCUT2D eigenvalue weighted by atomic mass is 9.85. The summed E-state index contributed by atoms with van der Waals surface area (Å²) in [5, 5.41) is 3.56. The highest BCUT2D eigenvalue weighted by atomic mass is 14.9. The van der Waals surface area contributed by atoms with E-state index in [1.807, 2.05) is 0 Å². The van der Waals surface area contributed by atoms with Crippen LogP contribution in [0.4, 0.5) is 0 Å². The minimum Gasteiger partial charge on any atom is -0.312 e. The van der Waals surface area contributed by atoms with Gasteiger partial charge in [0.05, 0.1) is 0 Å². The summed E-state index contributed by atoms with van der Waals surface area (Å²) in [4.78, 5) is 0. The van der Waals surface area contributed by atoms with Crippen LogP contribution in [0.2, 0.25) is 0 Å². The standard InChI is InChI=1S/C16H25N/c1-4-6-14-10-17-11-15-9-13(12(3)5-2)7-8-16(14)15/h7-9,12,14,17H,4-6,10-11H2,1-3H3. The van der Waals surface area contributed by atoms with Crippen LogP contribution >= 0.6 is 0 Å². The fraction of sp³-hybridized carbons (Fsp3) is 0.625. The van der Waals surface area contributed by atoms with Crippen molar-refractivity contribution < 1.29 is 0 Å². The zero-order chi connectivity index (χ0) is 12.3. The summed E-state index contributed by atoms with van der Waals surface area (Å²) < 4.78 is 0. The molecule has 2 rings (SSSR count). The molecule has 0 bridgehead atoms. The van der Waals surface area contributed by atoms with Crippen LogP contribution < -0.4 is 5.32 Å². The average molecular weight is 231 g/mol. The topological polar surface area (TPSA) is 12.0 Å². The number of hydrogen-bond donors (Lipinski definition) is 1. The second-order valence-electron chi connectivity index (χ2n) is 5.38. The number of benzene rings is 1. The van der Waals surface area contributed by atoms with E-state index >= 15 is 0 Å². The maximum atomic E-state index is 3.56. The van der Waals surface area contributed by atoms with E-state index in [4.69, 9.17) is 0 Å². The van der Waals surface area contributed by atoms with Gasteiger partial charge in [0.2, 0.25) is 0 Å². The molecular weight excluding hydrogens is 206 g/mol. The Bertz CT molecular complexity index is 370. The number of rotatable bonds is 4. The molecular formula is C16H25N. The molecule has 0 fully saturated rings. The van der Waals surface area contributed by atoms with Gasteiger partial charge in [-0.15, -0.1) is 0 Å². The van der Waals surface area contributed by atoms with Crippen molar-refractivity contribution >= 4 is 0 Å². The van der Waals surface area contributed by atoms with Crippen molar-refractivity contribution in [2.45, 2.75) is 58.4 Å². The molecule has 17 heavy (non-hydrogen) atoms. The number of fused-ring (bicyclic) bond motifs is 1. The number of nitrogens with one attached hydrogen (secondary N) is 1. The van der Waals surface area contributed by atoms with E-state index in [0.29, 0.717) is 5.92 Å². The normalized spacial score (nSPS) is 21.0. The van der Waals surface area contributed by atoms with Crippen molar-refractivity contribution in [2.75, 3.05) is 6.54 Å². The van der Waals surface area contributed by atoms with Crippen LogP contribution in [0.3, 0.4) is 0 Å². The maximum absolute atomic E-state index is 3.56. The molecule has 2 atom stereocenters. The summed E-state index contributed by atoms with van der Waals surface area (Å²) in [6, 6.07) is 7.16. The molecule has 1 aliphatic heterocycles. The Balaban J connectivity index is 2.26. The Labute approximate surface area is 106 Å². The molecule has 0 aromatic heterocycles. The predicted octanol–water partition coefficient (Wildman–Crippen LogP) is 4.19. The molecule has 94 valence electrons. The van der Waals surface area contributed by atoms with Crippen LogP contribution in [0.15, 0.2) is 18.2 Å². The molecule has 1 N–H and O–H groups in total. The van der Waals surface area contributed by atoms with Gasteiger partial charge in [-0.05, 0) is 41.4 Å². The summed E-state index contributed by atoms with van der Waals surface area (Å²) >= 11 is 0. The summed E-state index contributed by atoms with van der Waals surface area (Å²) in [5.74, 6) is 1.42. The lowest BCUT2D eigenvalue weighted by Gasteiger charge is -2.27. The summed E-state index contributed by atoms with van der Waals surface area (Å²) in [6.45, 7) is 9.08. The molecule has 1 aliphatic rings. The van der Waals surface area contributed by atoms with Crippen molar-refractivity contribution in [3.8, 4) is 0 Å². The predicted molar refractivity (Wildman–Crippen MR) is 74.5 cm³/mol. The first-order valence-electron chi connectivity index (χ1n) is 7.09. The van der Waals surface area contributed by atoms with E-state index in [1.54, 1.807) is 5.56 Å². The monoisotopic (exact) mass is 231 g/mol. The highest BCUT2D eigenvalue weighted by Gasteiger charge is 2.19. The zero-order valence-corrected chi connectivity index (χ0v) is 11.4. The van der Waals surface area contributed by atoms with Gasteiger partial charge in [0, 0.05) is 13.1 Å². The average Bonchev–Trinajstić information content (AvgIpc) is 2.38. The van der Waals surface area contributed by atoms with Crippen LogP contribution in [0.25, 0.3) is 0 Å². The highest BCUT2D eigenvalue weighted by Crippen LogP contribution is 2.30. The Morgan fingerprint density at radius 1 is 1.35 bits per heavy atom. The third kappa shape index (κ3) is 2.71. The third-order valence-electron chi connectivity index (χ3n) is 4.13. The molecule has 1 heteroatoms. The lowest BCUT2D eigenvalue weighted by molar-refractivity contribution is 0.508. The fourth-order valence-corrected chi connectivity index (χ4v) is 2.82. The molecule has 1 heterocycles. The van der Waals surface area contributed by atoms with Crippen LogP contribution in [0, 0.1) is 0 Å². The van der Waals surface area contributed by atoms with Gasteiger partial charge >= 0.3 is 0 Å². The fourth-order valence-electron chi connectivity index (χ4n) is 2.82. The Morgan fingerprint density at radius 3 is 2.88 bits per heavy atom. The van der Waals surface area contributed by atoms with Gasteiger partial charge in [0.1, 0.15) is 0 Å². The molecule has 0 radical (unpaired) electrons. The highest BCUT2D eigenvalue weighted by molar-refractivity contribution is 5.37. The molecule has 0 saturated heterocycles.